The SMILES string of the molecule is C1=C(CCN2CCNC(c3ccccc3)C2)CCC1. The molecular formula is C17H24N2. The molecule has 1 fully saturated rings. The van der Waals surface area contributed by atoms with Gasteiger partial charge < -0.3 is 5.32 Å². The van der Waals surface area contributed by atoms with Crippen molar-refractivity contribution in [1.29, 1.82) is 0 Å². The predicted molar refractivity (Wildman–Crippen MR) is 80.2 cm³/mol. The van der Waals surface area contributed by atoms with E-state index in [1.165, 1.54) is 44.3 Å². The van der Waals surface area contributed by atoms with Crippen molar-refractivity contribution >= 4 is 0 Å². The zero-order valence-corrected chi connectivity index (χ0v) is 11.6. The first-order valence-corrected chi connectivity index (χ1v) is 7.60. The lowest BCUT2D eigenvalue weighted by Crippen LogP contribution is -2.46. The summed E-state index contributed by atoms with van der Waals surface area (Å²) in [7, 11) is 0. The van der Waals surface area contributed by atoms with Gasteiger partial charge in [-0.05, 0) is 31.2 Å². The van der Waals surface area contributed by atoms with Crippen LogP contribution in [0.1, 0.15) is 37.3 Å². The normalized spacial score (nSPS) is 24.4. The van der Waals surface area contributed by atoms with Crippen LogP contribution < -0.4 is 5.32 Å². The van der Waals surface area contributed by atoms with E-state index in [1.807, 2.05) is 0 Å². The molecule has 1 aromatic rings. The topological polar surface area (TPSA) is 15.3 Å². The summed E-state index contributed by atoms with van der Waals surface area (Å²) in [5.74, 6) is 0. The second kappa shape index (κ2) is 6.36. The molecule has 1 saturated heterocycles. The average molecular weight is 256 g/mol. The monoisotopic (exact) mass is 256 g/mol. The van der Waals surface area contributed by atoms with E-state index in [-0.39, 0.29) is 0 Å². The number of nitrogens with zero attached hydrogens (tertiary/aromatic N) is 1. The van der Waals surface area contributed by atoms with Gasteiger partial charge >= 0.3 is 0 Å². The van der Waals surface area contributed by atoms with Crippen molar-refractivity contribution < 1.29 is 0 Å². The Bertz CT molecular complexity index is 424. The van der Waals surface area contributed by atoms with Crippen LogP contribution in [0.15, 0.2) is 42.0 Å². The molecule has 0 aromatic heterocycles. The fourth-order valence-corrected chi connectivity index (χ4v) is 3.19. The first-order chi connectivity index (χ1) is 9.42. The van der Waals surface area contributed by atoms with Crippen LogP contribution in [0.2, 0.25) is 0 Å². The van der Waals surface area contributed by atoms with Gasteiger partial charge in [0.15, 0.2) is 0 Å². The van der Waals surface area contributed by atoms with Crippen LogP contribution in [-0.2, 0) is 0 Å². The number of piperazine rings is 1. The minimum absolute atomic E-state index is 0.507. The Hall–Kier alpha value is -1.12. The predicted octanol–water partition coefficient (Wildman–Crippen LogP) is 3.13. The highest BCUT2D eigenvalue weighted by molar-refractivity contribution is 5.19. The molecule has 1 heterocycles. The molecule has 3 rings (SSSR count). The first kappa shape index (κ1) is 12.9. The minimum Gasteiger partial charge on any atom is -0.308 e. The molecule has 102 valence electrons. The molecule has 1 unspecified atom stereocenters. The van der Waals surface area contributed by atoms with E-state index in [4.69, 9.17) is 0 Å². The van der Waals surface area contributed by atoms with Gasteiger partial charge in [-0.25, -0.2) is 0 Å². The third-order valence-electron chi connectivity index (χ3n) is 4.35. The summed E-state index contributed by atoms with van der Waals surface area (Å²) in [5, 5.41) is 3.64. The number of hydrogen-bond donors (Lipinski definition) is 1. The maximum atomic E-state index is 3.64. The summed E-state index contributed by atoms with van der Waals surface area (Å²) in [6.07, 6.45) is 7.76. The molecule has 1 N–H and O–H groups in total. The lowest BCUT2D eigenvalue weighted by molar-refractivity contribution is 0.202. The van der Waals surface area contributed by atoms with Crippen LogP contribution in [0.5, 0.6) is 0 Å². The number of nitrogens with one attached hydrogen (secondary N) is 1. The summed E-state index contributed by atoms with van der Waals surface area (Å²) in [5.41, 5.74) is 3.11. The summed E-state index contributed by atoms with van der Waals surface area (Å²) in [4.78, 5) is 2.62. The molecule has 1 aliphatic carbocycles. The maximum Gasteiger partial charge on any atom is 0.0449 e. The van der Waals surface area contributed by atoms with E-state index in [2.05, 4.69) is 46.6 Å². The number of hydrogen-bond acceptors (Lipinski definition) is 2. The molecule has 19 heavy (non-hydrogen) atoms. The van der Waals surface area contributed by atoms with Crippen molar-refractivity contribution in [3.63, 3.8) is 0 Å². The van der Waals surface area contributed by atoms with Gasteiger partial charge in [0.1, 0.15) is 0 Å². The Morgan fingerprint density at radius 1 is 1.21 bits per heavy atom. The van der Waals surface area contributed by atoms with E-state index >= 15 is 0 Å². The highest BCUT2D eigenvalue weighted by Crippen LogP contribution is 2.22. The van der Waals surface area contributed by atoms with Crippen LogP contribution >= 0.6 is 0 Å². The minimum atomic E-state index is 0.507. The van der Waals surface area contributed by atoms with Crippen molar-refractivity contribution in [1.82, 2.24) is 10.2 Å². The Kier molecular flexibility index (Phi) is 4.31. The average Bonchev–Trinajstić information content (AvgIpc) is 3.00. The molecule has 2 aliphatic rings. The molecule has 0 spiro atoms. The third-order valence-corrected chi connectivity index (χ3v) is 4.35. The fraction of sp³-hybridized carbons (Fsp3) is 0.529. The van der Waals surface area contributed by atoms with Crippen molar-refractivity contribution in [2.45, 2.75) is 31.7 Å². The smallest absolute Gasteiger partial charge is 0.0449 e. The number of benzene rings is 1. The standard InChI is InChI=1S/C17H24N2/c1-2-8-16(9-3-1)17-14-19(13-11-18-17)12-10-15-6-4-5-7-15/h1-3,6,8-9,17-18H,4-5,7,10-14H2. The van der Waals surface area contributed by atoms with Gasteiger partial charge in [0.25, 0.3) is 0 Å². The summed E-state index contributed by atoms with van der Waals surface area (Å²) in [6, 6.07) is 11.4. The lowest BCUT2D eigenvalue weighted by atomic mass is 10.0. The largest absolute Gasteiger partial charge is 0.308 e. The third kappa shape index (κ3) is 3.46. The van der Waals surface area contributed by atoms with E-state index in [9.17, 15) is 0 Å². The van der Waals surface area contributed by atoms with Crippen molar-refractivity contribution in [2.75, 3.05) is 26.2 Å². The summed E-state index contributed by atoms with van der Waals surface area (Å²) < 4.78 is 0. The molecule has 0 amide bonds. The van der Waals surface area contributed by atoms with Crippen LogP contribution in [-0.4, -0.2) is 31.1 Å². The summed E-state index contributed by atoms with van der Waals surface area (Å²) in [6.45, 7) is 4.68. The van der Waals surface area contributed by atoms with Gasteiger partial charge in [0.05, 0.1) is 0 Å². The molecular weight excluding hydrogens is 232 g/mol. The zero-order valence-electron chi connectivity index (χ0n) is 11.6. The Labute approximate surface area is 116 Å². The van der Waals surface area contributed by atoms with E-state index in [0.717, 1.165) is 13.1 Å². The lowest BCUT2D eigenvalue weighted by Gasteiger charge is -2.34. The Morgan fingerprint density at radius 3 is 2.89 bits per heavy atom. The van der Waals surface area contributed by atoms with E-state index in [0.29, 0.717) is 6.04 Å². The van der Waals surface area contributed by atoms with Gasteiger partial charge in [0, 0.05) is 32.2 Å². The van der Waals surface area contributed by atoms with Gasteiger partial charge in [0.2, 0.25) is 0 Å². The van der Waals surface area contributed by atoms with Gasteiger partial charge in [-0.2, -0.15) is 0 Å². The van der Waals surface area contributed by atoms with Crippen molar-refractivity contribution in [3.05, 3.63) is 47.5 Å². The second-order valence-corrected chi connectivity index (χ2v) is 5.72. The molecule has 2 heteroatoms. The van der Waals surface area contributed by atoms with Crippen molar-refractivity contribution in [3.8, 4) is 0 Å². The molecule has 1 aliphatic heterocycles. The van der Waals surface area contributed by atoms with E-state index < -0.39 is 0 Å². The molecule has 2 nitrogen and oxygen atoms in total. The van der Waals surface area contributed by atoms with Crippen LogP contribution in [0, 0.1) is 0 Å². The van der Waals surface area contributed by atoms with Gasteiger partial charge in [-0.1, -0.05) is 42.0 Å². The molecule has 0 bridgehead atoms. The first-order valence-electron chi connectivity index (χ1n) is 7.60. The highest BCUT2D eigenvalue weighted by Gasteiger charge is 2.20. The van der Waals surface area contributed by atoms with Crippen LogP contribution in [0.3, 0.4) is 0 Å². The van der Waals surface area contributed by atoms with Gasteiger partial charge in [-0.15, -0.1) is 0 Å². The molecule has 0 saturated carbocycles. The molecule has 1 aromatic carbocycles. The molecule has 1 atom stereocenters. The fourth-order valence-electron chi connectivity index (χ4n) is 3.19. The second-order valence-electron chi connectivity index (χ2n) is 5.72. The highest BCUT2D eigenvalue weighted by atomic mass is 15.2. The van der Waals surface area contributed by atoms with Crippen LogP contribution in [0.25, 0.3) is 0 Å². The number of rotatable bonds is 4. The zero-order chi connectivity index (χ0) is 12.9. The van der Waals surface area contributed by atoms with E-state index in [1.54, 1.807) is 5.57 Å². The Morgan fingerprint density at radius 2 is 2.11 bits per heavy atom. The van der Waals surface area contributed by atoms with Crippen LogP contribution in [0.4, 0.5) is 0 Å². The number of allylic oxidation sites excluding steroid dienone is 1. The van der Waals surface area contributed by atoms with Crippen molar-refractivity contribution in [2.24, 2.45) is 0 Å². The molecule has 0 radical (unpaired) electrons. The Balaban J connectivity index is 1.53. The van der Waals surface area contributed by atoms with Gasteiger partial charge in [-0.3, -0.25) is 4.90 Å². The maximum absolute atomic E-state index is 3.64. The summed E-state index contributed by atoms with van der Waals surface area (Å²) >= 11 is 0. The quantitative estimate of drug-likeness (QED) is 0.833.